The molecule has 0 radical (unpaired) electrons. The molecule has 1 aromatic rings. The molecule has 1 saturated heterocycles. The van der Waals surface area contributed by atoms with Crippen LogP contribution in [-0.2, 0) is 13.6 Å². The molecule has 3 heteroatoms. The Balaban J connectivity index is 0.000000184. The maximum Gasteiger partial charge on any atom is 0.243 e. The van der Waals surface area contributed by atoms with Crippen molar-refractivity contribution in [1.29, 1.82) is 0 Å². The van der Waals surface area contributed by atoms with Gasteiger partial charge in [0.2, 0.25) is 6.33 Å². The second kappa shape index (κ2) is 7.57. The fraction of sp³-hybridized carbons (Fsp3) is 0.800. The quantitative estimate of drug-likeness (QED) is 0.578. The maximum atomic E-state index is 2.41. The maximum absolute atomic E-state index is 2.41. The molecule has 0 spiro atoms. The summed E-state index contributed by atoms with van der Waals surface area (Å²) < 4.78 is 5.50. The lowest BCUT2D eigenvalue weighted by atomic mass is 10.1. The molecule has 3 nitrogen and oxygen atoms in total. The van der Waals surface area contributed by atoms with Gasteiger partial charge in [-0.25, -0.2) is 9.13 Å². The molecular weight excluding hydrogens is 222 g/mol. The molecule has 104 valence electrons. The highest BCUT2D eigenvalue weighted by Gasteiger charge is 2.22. The van der Waals surface area contributed by atoms with Gasteiger partial charge in [0.15, 0.2) is 0 Å². The van der Waals surface area contributed by atoms with Crippen LogP contribution >= 0.6 is 0 Å². The van der Waals surface area contributed by atoms with E-state index in [0.717, 1.165) is 6.54 Å². The van der Waals surface area contributed by atoms with Gasteiger partial charge in [0.05, 0.1) is 40.3 Å². The number of imidazole rings is 1. The zero-order valence-electron chi connectivity index (χ0n) is 12.7. The third kappa shape index (κ3) is 5.21. The molecule has 18 heavy (non-hydrogen) atoms. The summed E-state index contributed by atoms with van der Waals surface area (Å²) in [5, 5.41) is 0. The van der Waals surface area contributed by atoms with Gasteiger partial charge in [-0.05, 0) is 32.6 Å². The van der Waals surface area contributed by atoms with Crippen LogP contribution in [0.5, 0.6) is 0 Å². The molecule has 2 rings (SSSR count). The summed E-state index contributed by atoms with van der Waals surface area (Å²) in [6.45, 7) is 9.71. The highest BCUT2D eigenvalue weighted by atomic mass is 15.3. The predicted octanol–water partition coefficient (Wildman–Crippen LogP) is 2.36. The molecule has 0 unspecified atom stereocenters. The number of aryl methyl sites for hydroxylation is 2. The lowest BCUT2D eigenvalue weighted by Crippen LogP contribution is -2.48. The molecule has 0 N–H and O–H groups in total. The predicted molar refractivity (Wildman–Crippen MR) is 76.2 cm³/mol. The Hall–Kier alpha value is -0.830. The molecule has 0 amide bonds. The summed E-state index contributed by atoms with van der Waals surface area (Å²) in [5.74, 6) is 0. The summed E-state index contributed by atoms with van der Waals surface area (Å²) in [5.41, 5.74) is 0. The number of likely N-dealkylation sites (tertiary alicyclic amines) is 1. The molecule has 0 atom stereocenters. The smallest absolute Gasteiger partial charge is 0.243 e. The third-order valence-corrected chi connectivity index (χ3v) is 3.85. The number of piperidine rings is 1. The van der Waals surface area contributed by atoms with Gasteiger partial charge >= 0.3 is 0 Å². The van der Waals surface area contributed by atoms with E-state index in [4.69, 9.17) is 0 Å². The number of hydrogen-bond acceptors (Lipinski definition) is 0. The van der Waals surface area contributed by atoms with E-state index in [0.29, 0.717) is 0 Å². The van der Waals surface area contributed by atoms with Gasteiger partial charge in [0.1, 0.15) is 12.4 Å². The summed E-state index contributed by atoms with van der Waals surface area (Å²) in [6, 6.07) is 0. The van der Waals surface area contributed by atoms with E-state index in [-0.39, 0.29) is 0 Å². The van der Waals surface area contributed by atoms with Crippen molar-refractivity contribution in [2.75, 3.05) is 26.7 Å². The van der Waals surface area contributed by atoms with Crippen molar-refractivity contribution < 1.29 is 9.05 Å². The lowest BCUT2D eigenvalue weighted by Gasteiger charge is -2.37. The van der Waals surface area contributed by atoms with Crippen LogP contribution in [0.1, 0.15) is 39.5 Å². The van der Waals surface area contributed by atoms with E-state index in [1.807, 2.05) is 17.8 Å². The number of hydrogen-bond donors (Lipinski definition) is 0. The van der Waals surface area contributed by atoms with E-state index in [1.165, 1.54) is 49.8 Å². The molecule has 0 saturated carbocycles. The van der Waals surface area contributed by atoms with E-state index < -0.39 is 0 Å². The van der Waals surface area contributed by atoms with Crippen LogP contribution in [0, 0.1) is 0 Å². The average molecular weight is 253 g/mol. The fourth-order valence-electron chi connectivity index (χ4n) is 2.73. The van der Waals surface area contributed by atoms with Crippen molar-refractivity contribution in [3.8, 4) is 0 Å². The molecule has 0 aliphatic carbocycles. The van der Waals surface area contributed by atoms with Crippen LogP contribution in [0.15, 0.2) is 18.7 Å². The van der Waals surface area contributed by atoms with Crippen LogP contribution in [0.2, 0.25) is 0 Å². The Kier molecular flexibility index (Phi) is 6.41. The Morgan fingerprint density at radius 2 is 1.83 bits per heavy atom. The minimum Gasteiger partial charge on any atom is -0.326 e. The van der Waals surface area contributed by atoms with Crippen LogP contribution in [0.4, 0.5) is 0 Å². The second-order valence-electron chi connectivity index (χ2n) is 5.76. The second-order valence-corrected chi connectivity index (χ2v) is 5.76. The summed E-state index contributed by atoms with van der Waals surface area (Å²) >= 11 is 0. The molecule has 0 bridgehead atoms. The van der Waals surface area contributed by atoms with Crippen molar-refractivity contribution in [3.05, 3.63) is 18.7 Å². The van der Waals surface area contributed by atoms with Crippen molar-refractivity contribution >= 4 is 0 Å². The summed E-state index contributed by atoms with van der Waals surface area (Å²) in [4.78, 5) is 0. The Bertz CT molecular complexity index is 319. The lowest BCUT2D eigenvalue weighted by molar-refractivity contribution is -0.914. The number of aromatic nitrogens is 2. The van der Waals surface area contributed by atoms with Gasteiger partial charge in [-0.1, -0.05) is 6.92 Å². The molecule has 1 aromatic heterocycles. The zero-order chi connectivity index (χ0) is 13.4. The molecule has 1 aliphatic heterocycles. The normalized spacial score (nSPS) is 18.0. The minimum absolute atomic E-state index is 1.06. The van der Waals surface area contributed by atoms with Gasteiger partial charge in [0.25, 0.3) is 0 Å². The largest absolute Gasteiger partial charge is 0.326 e. The number of rotatable bonds is 3. The highest BCUT2D eigenvalue weighted by molar-refractivity contribution is 4.63. The minimum atomic E-state index is 1.06. The first kappa shape index (κ1) is 15.2. The van der Waals surface area contributed by atoms with E-state index in [1.54, 1.807) is 0 Å². The van der Waals surface area contributed by atoms with Gasteiger partial charge < -0.3 is 4.48 Å². The topological polar surface area (TPSA) is 8.81 Å². The SMILES string of the molecule is CCC[N+]1(C)CCCCC1.CCn1cc[n+](C)c1. The summed E-state index contributed by atoms with van der Waals surface area (Å²) in [7, 11) is 4.43. The summed E-state index contributed by atoms with van der Waals surface area (Å²) in [6.07, 6.45) is 11.9. The number of nitrogens with zero attached hydrogens (tertiary/aromatic N) is 3. The first-order chi connectivity index (χ1) is 8.59. The molecule has 1 fully saturated rings. The monoisotopic (exact) mass is 253 g/mol. The van der Waals surface area contributed by atoms with Crippen LogP contribution in [0.25, 0.3) is 0 Å². The van der Waals surface area contributed by atoms with Crippen LogP contribution in [-0.4, -0.2) is 35.7 Å². The van der Waals surface area contributed by atoms with E-state index in [9.17, 15) is 0 Å². The van der Waals surface area contributed by atoms with Crippen molar-refractivity contribution in [3.63, 3.8) is 0 Å². The molecule has 0 aromatic carbocycles. The van der Waals surface area contributed by atoms with Crippen molar-refractivity contribution in [2.45, 2.75) is 46.1 Å². The van der Waals surface area contributed by atoms with Gasteiger partial charge in [-0.3, -0.25) is 0 Å². The van der Waals surface area contributed by atoms with E-state index >= 15 is 0 Å². The number of quaternary nitrogens is 1. The molecule has 1 aliphatic rings. The van der Waals surface area contributed by atoms with Gasteiger partial charge in [-0.15, -0.1) is 0 Å². The van der Waals surface area contributed by atoms with Gasteiger partial charge in [-0.2, -0.15) is 0 Å². The van der Waals surface area contributed by atoms with Crippen LogP contribution < -0.4 is 4.57 Å². The Morgan fingerprint density at radius 1 is 1.17 bits per heavy atom. The zero-order valence-corrected chi connectivity index (χ0v) is 12.7. The first-order valence-electron chi connectivity index (χ1n) is 7.44. The Morgan fingerprint density at radius 3 is 2.22 bits per heavy atom. The fourth-order valence-corrected chi connectivity index (χ4v) is 2.73. The van der Waals surface area contributed by atoms with Crippen molar-refractivity contribution in [2.24, 2.45) is 7.05 Å². The molecular formula is C15H31N3+2. The Labute approximate surface area is 113 Å². The van der Waals surface area contributed by atoms with Crippen LogP contribution in [0.3, 0.4) is 0 Å². The standard InChI is InChI=1S/C9H20N.C6H11N2/c1-3-7-10(2)8-5-4-6-9-10;1-3-8-5-4-7(2)6-8/h3-9H2,1-2H3;4-6H,3H2,1-2H3/q2*+1. The molecule has 2 heterocycles. The average Bonchev–Trinajstić information content (AvgIpc) is 2.77. The first-order valence-corrected chi connectivity index (χ1v) is 7.44. The highest BCUT2D eigenvalue weighted by Crippen LogP contribution is 2.15. The van der Waals surface area contributed by atoms with Crippen molar-refractivity contribution in [1.82, 2.24) is 4.57 Å². The van der Waals surface area contributed by atoms with Gasteiger partial charge in [0, 0.05) is 0 Å². The third-order valence-electron chi connectivity index (χ3n) is 3.85. The van der Waals surface area contributed by atoms with E-state index in [2.05, 4.69) is 38.0 Å².